The van der Waals surface area contributed by atoms with Crippen molar-refractivity contribution in [1.29, 1.82) is 0 Å². The van der Waals surface area contributed by atoms with Crippen LogP contribution in [0.25, 0.3) is 0 Å². The highest BCUT2D eigenvalue weighted by atomic mass is 127. The van der Waals surface area contributed by atoms with Gasteiger partial charge in [0.25, 0.3) is 0 Å². The molecule has 1 atom stereocenters. The minimum Gasteiger partial charge on any atom is -0.480 e. The lowest BCUT2D eigenvalue weighted by Crippen LogP contribution is -2.30. The molecule has 1 aromatic carbocycles. The molecule has 0 heterocycles. The second-order valence-electron chi connectivity index (χ2n) is 4.29. The molecule has 1 rings (SSSR count). The first-order valence-electron chi connectivity index (χ1n) is 6.02. The quantitative estimate of drug-likeness (QED) is 0.475. The monoisotopic (exact) mass is 408 g/mol. The van der Waals surface area contributed by atoms with Crippen LogP contribution < -0.4 is 11.1 Å². The highest BCUT2D eigenvalue weighted by Crippen LogP contribution is 2.18. The molecular formula is C13H17IN2O3S. The first-order valence-corrected chi connectivity index (χ1v) is 8.25. The molecule has 0 aromatic heterocycles. The Kier molecular flexibility index (Phi) is 7.31. The minimum absolute atomic E-state index is 0.0943. The zero-order chi connectivity index (χ0) is 15.1. The van der Waals surface area contributed by atoms with E-state index in [2.05, 4.69) is 27.9 Å². The Bertz CT molecular complexity index is 497. The maximum Gasteiger partial charge on any atom is 0.320 e. The average molecular weight is 408 g/mol. The second kappa shape index (κ2) is 8.48. The molecule has 0 fully saturated rings. The molecule has 20 heavy (non-hydrogen) atoms. The van der Waals surface area contributed by atoms with Gasteiger partial charge in [-0.3, -0.25) is 9.59 Å². The highest BCUT2D eigenvalue weighted by Gasteiger charge is 2.11. The van der Waals surface area contributed by atoms with Crippen molar-refractivity contribution in [2.45, 2.75) is 19.4 Å². The molecule has 1 unspecified atom stereocenters. The van der Waals surface area contributed by atoms with Gasteiger partial charge in [0, 0.05) is 9.26 Å². The summed E-state index contributed by atoms with van der Waals surface area (Å²) in [4.78, 5) is 22.3. The summed E-state index contributed by atoms with van der Waals surface area (Å²) in [6.45, 7) is 1.94. The van der Waals surface area contributed by atoms with E-state index in [4.69, 9.17) is 10.8 Å². The van der Waals surface area contributed by atoms with Gasteiger partial charge in [0.15, 0.2) is 0 Å². The van der Waals surface area contributed by atoms with Crippen LogP contribution in [0.4, 0.5) is 5.69 Å². The Hall–Kier alpha value is -0.800. The summed E-state index contributed by atoms with van der Waals surface area (Å²) in [5.74, 6) is -0.266. The lowest BCUT2D eigenvalue weighted by atomic mass is 10.2. The molecule has 110 valence electrons. The lowest BCUT2D eigenvalue weighted by Gasteiger charge is -2.09. The summed E-state index contributed by atoms with van der Waals surface area (Å²) in [5, 5.41) is 11.5. The number of carboxylic acid groups (broad SMARTS) is 1. The largest absolute Gasteiger partial charge is 0.480 e. The lowest BCUT2D eigenvalue weighted by molar-refractivity contribution is -0.138. The zero-order valence-electron chi connectivity index (χ0n) is 11.1. The van der Waals surface area contributed by atoms with Gasteiger partial charge < -0.3 is 16.2 Å². The van der Waals surface area contributed by atoms with Crippen molar-refractivity contribution in [2.75, 3.05) is 16.8 Å². The molecule has 1 amide bonds. The molecule has 0 radical (unpaired) electrons. The molecule has 0 saturated carbocycles. The Balaban J connectivity index is 2.32. The van der Waals surface area contributed by atoms with Crippen LogP contribution in [-0.4, -0.2) is 34.5 Å². The van der Waals surface area contributed by atoms with Crippen molar-refractivity contribution in [3.63, 3.8) is 0 Å². The number of amides is 1. The van der Waals surface area contributed by atoms with E-state index in [1.807, 2.05) is 25.1 Å². The van der Waals surface area contributed by atoms with Crippen molar-refractivity contribution in [3.8, 4) is 0 Å². The van der Waals surface area contributed by atoms with Crippen molar-refractivity contribution in [1.82, 2.24) is 0 Å². The number of hydrogen-bond donors (Lipinski definition) is 3. The predicted molar refractivity (Wildman–Crippen MR) is 90.1 cm³/mol. The molecule has 0 aliphatic rings. The summed E-state index contributed by atoms with van der Waals surface area (Å²) >= 11 is 3.60. The Morgan fingerprint density at radius 3 is 2.80 bits per heavy atom. The average Bonchev–Trinajstić information content (AvgIpc) is 2.37. The van der Waals surface area contributed by atoms with Gasteiger partial charge in [-0.25, -0.2) is 0 Å². The number of rotatable bonds is 7. The minimum atomic E-state index is -1.01. The van der Waals surface area contributed by atoms with E-state index in [0.29, 0.717) is 12.2 Å². The van der Waals surface area contributed by atoms with Crippen LogP contribution in [0, 0.1) is 10.5 Å². The van der Waals surface area contributed by atoms with Gasteiger partial charge in [-0.15, -0.1) is 0 Å². The van der Waals surface area contributed by atoms with Crippen molar-refractivity contribution in [3.05, 3.63) is 27.3 Å². The number of nitrogens with two attached hydrogens (primary N) is 1. The summed E-state index contributed by atoms with van der Waals surface area (Å²) in [5.41, 5.74) is 7.20. The fraction of sp³-hybridized carbons (Fsp3) is 0.385. The molecule has 0 bridgehead atoms. The summed E-state index contributed by atoms with van der Waals surface area (Å²) < 4.78 is 1.12. The number of aryl methyl sites for hydroxylation is 1. The summed E-state index contributed by atoms with van der Waals surface area (Å²) in [6.07, 6.45) is 0.357. The van der Waals surface area contributed by atoms with Crippen LogP contribution in [0.1, 0.15) is 12.0 Å². The van der Waals surface area contributed by atoms with Crippen LogP contribution in [0.15, 0.2) is 18.2 Å². The van der Waals surface area contributed by atoms with E-state index in [1.54, 1.807) is 0 Å². The number of hydrogen-bond acceptors (Lipinski definition) is 4. The number of aliphatic carboxylic acids is 1. The predicted octanol–water partition coefficient (Wildman–Crippen LogP) is 2.07. The molecule has 7 heteroatoms. The third-order valence-corrected chi connectivity index (χ3v) is 4.25. The first kappa shape index (κ1) is 17.3. The number of carboxylic acids is 1. The van der Waals surface area contributed by atoms with E-state index < -0.39 is 12.0 Å². The maximum absolute atomic E-state index is 11.7. The first-order chi connectivity index (χ1) is 9.40. The SMILES string of the molecule is Cc1cc(I)ccc1NC(=O)CSCCC(N)C(=O)O. The third kappa shape index (κ3) is 6.10. The molecule has 4 N–H and O–H groups in total. The number of nitrogens with one attached hydrogen (secondary N) is 1. The Morgan fingerprint density at radius 1 is 1.50 bits per heavy atom. The maximum atomic E-state index is 11.7. The van der Waals surface area contributed by atoms with Crippen LogP contribution in [-0.2, 0) is 9.59 Å². The van der Waals surface area contributed by atoms with E-state index in [0.717, 1.165) is 14.8 Å². The normalized spacial score (nSPS) is 11.9. The number of thioether (sulfide) groups is 1. The van der Waals surface area contributed by atoms with Crippen molar-refractivity contribution >= 4 is 51.9 Å². The van der Waals surface area contributed by atoms with Crippen LogP contribution in [0.5, 0.6) is 0 Å². The number of halogens is 1. The second-order valence-corrected chi connectivity index (χ2v) is 6.64. The summed E-state index contributed by atoms with van der Waals surface area (Å²) in [7, 11) is 0. The van der Waals surface area contributed by atoms with Crippen molar-refractivity contribution < 1.29 is 14.7 Å². The number of carbonyl (C=O) groups excluding carboxylic acids is 1. The molecule has 0 aliphatic heterocycles. The van der Waals surface area contributed by atoms with Crippen LogP contribution >= 0.6 is 34.4 Å². The molecule has 0 aliphatic carbocycles. The molecular weight excluding hydrogens is 391 g/mol. The van der Waals surface area contributed by atoms with Gasteiger partial charge >= 0.3 is 5.97 Å². The standard InChI is InChI=1S/C13H17IN2O3S/c1-8-6-9(14)2-3-11(8)16-12(17)7-20-5-4-10(15)13(18)19/h2-3,6,10H,4-5,7,15H2,1H3,(H,16,17)(H,18,19). The topological polar surface area (TPSA) is 92.4 Å². The fourth-order valence-corrected chi connectivity index (χ4v) is 2.92. The summed E-state index contributed by atoms with van der Waals surface area (Å²) in [6, 6.07) is 4.95. The number of anilines is 1. The zero-order valence-corrected chi connectivity index (χ0v) is 14.0. The van der Waals surface area contributed by atoms with Crippen LogP contribution in [0.3, 0.4) is 0 Å². The van der Waals surface area contributed by atoms with E-state index in [9.17, 15) is 9.59 Å². The van der Waals surface area contributed by atoms with Gasteiger partial charge in [0.05, 0.1) is 5.75 Å². The Morgan fingerprint density at radius 2 is 2.20 bits per heavy atom. The van der Waals surface area contributed by atoms with Crippen molar-refractivity contribution in [2.24, 2.45) is 5.73 Å². The van der Waals surface area contributed by atoms with Gasteiger partial charge in [0.2, 0.25) is 5.91 Å². The van der Waals surface area contributed by atoms with Gasteiger partial charge in [-0.2, -0.15) is 11.8 Å². The van der Waals surface area contributed by atoms with E-state index >= 15 is 0 Å². The van der Waals surface area contributed by atoms with E-state index in [1.165, 1.54) is 11.8 Å². The third-order valence-electron chi connectivity index (χ3n) is 2.59. The number of carbonyl (C=O) groups is 2. The Labute approximate surface area is 135 Å². The molecule has 1 aromatic rings. The molecule has 0 spiro atoms. The highest BCUT2D eigenvalue weighted by molar-refractivity contribution is 14.1. The van der Waals surface area contributed by atoms with Gasteiger partial charge in [0.1, 0.15) is 6.04 Å². The van der Waals surface area contributed by atoms with Crippen LogP contribution in [0.2, 0.25) is 0 Å². The van der Waals surface area contributed by atoms with E-state index in [-0.39, 0.29) is 11.7 Å². The smallest absolute Gasteiger partial charge is 0.320 e. The molecule has 0 saturated heterocycles. The fourth-order valence-electron chi connectivity index (χ4n) is 1.45. The van der Waals surface area contributed by atoms with Gasteiger partial charge in [-0.1, -0.05) is 0 Å². The molecule has 5 nitrogen and oxygen atoms in total. The van der Waals surface area contributed by atoms with Gasteiger partial charge in [-0.05, 0) is 65.5 Å². The number of benzene rings is 1.